The molecule has 0 aliphatic heterocycles. The molecule has 4 nitrogen and oxygen atoms in total. The van der Waals surface area contributed by atoms with E-state index in [0.29, 0.717) is 5.13 Å². The monoisotopic (exact) mass is 326 g/mol. The normalized spacial score (nSPS) is 10.6. The molecular weight excluding hydrogens is 308 g/mol. The van der Waals surface area contributed by atoms with Crippen LogP contribution in [0.3, 0.4) is 0 Å². The molecule has 1 aromatic heterocycles. The van der Waals surface area contributed by atoms with Crippen LogP contribution in [0.2, 0.25) is 0 Å². The number of hydrogen-bond donors (Lipinski definition) is 1. The zero-order valence-electron chi connectivity index (χ0n) is 13.3. The van der Waals surface area contributed by atoms with Gasteiger partial charge in [0.05, 0.1) is 12.8 Å². The van der Waals surface area contributed by atoms with E-state index in [1.165, 1.54) is 11.3 Å². The summed E-state index contributed by atoms with van der Waals surface area (Å²) in [7, 11) is 1.65. The van der Waals surface area contributed by atoms with Crippen molar-refractivity contribution in [2.45, 2.75) is 13.8 Å². The number of rotatable bonds is 4. The third kappa shape index (κ3) is 3.29. The van der Waals surface area contributed by atoms with E-state index in [0.717, 1.165) is 39.6 Å². The fourth-order valence-electron chi connectivity index (χ4n) is 2.57. The summed E-state index contributed by atoms with van der Waals surface area (Å²) in [6.45, 7) is 4.11. The molecule has 0 aliphatic rings. The van der Waals surface area contributed by atoms with Gasteiger partial charge in [-0.1, -0.05) is 0 Å². The smallest absolute Gasteiger partial charge is 0.180 e. The van der Waals surface area contributed by atoms with E-state index in [9.17, 15) is 0 Å². The number of hydrogen-bond acceptors (Lipinski definition) is 5. The summed E-state index contributed by atoms with van der Waals surface area (Å²) < 4.78 is 11.1. The molecule has 2 N–H and O–H groups in total. The second-order valence-corrected chi connectivity index (χ2v) is 6.17. The van der Waals surface area contributed by atoms with Gasteiger partial charge in [0.1, 0.15) is 17.2 Å². The predicted octanol–water partition coefficient (Wildman–Crippen LogP) is 4.81. The minimum atomic E-state index is 0.581. The van der Waals surface area contributed by atoms with E-state index in [1.807, 2.05) is 41.8 Å². The number of anilines is 1. The molecule has 0 saturated carbocycles. The van der Waals surface area contributed by atoms with Crippen LogP contribution in [-0.4, -0.2) is 12.1 Å². The maximum Gasteiger partial charge on any atom is 0.180 e. The summed E-state index contributed by atoms with van der Waals surface area (Å²) in [6, 6.07) is 11.6. The number of nitrogens with two attached hydrogens (primary N) is 1. The lowest BCUT2D eigenvalue weighted by Gasteiger charge is -2.12. The zero-order chi connectivity index (χ0) is 16.4. The van der Waals surface area contributed by atoms with E-state index in [-0.39, 0.29) is 0 Å². The Hall–Kier alpha value is -2.53. The van der Waals surface area contributed by atoms with Crippen LogP contribution in [0.1, 0.15) is 11.1 Å². The highest BCUT2D eigenvalue weighted by atomic mass is 32.1. The third-order valence-corrected chi connectivity index (χ3v) is 4.25. The summed E-state index contributed by atoms with van der Waals surface area (Å²) in [5.41, 5.74) is 9.99. The molecule has 0 radical (unpaired) electrons. The van der Waals surface area contributed by atoms with Gasteiger partial charge in [-0.3, -0.25) is 0 Å². The first-order valence-electron chi connectivity index (χ1n) is 7.21. The van der Waals surface area contributed by atoms with Crippen molar-refractivity contribution in [3.8, 4) is 28.5 Å². The maximum atomic E-state index is 5.94. The van der Waals surface area contributed by atoms with E-state index in [2.05, 4.69) is 18.8 Å². The Morgan fingerprint density at radius 3 is 2.09 bits per heavy atom. The van der Waals surface area contributed by atoms with Crippen LogP contribution < -0.4 is 15.2 Å². The van der Waals surface area contributed by atoms with Gasteiger partial charge in [0, 0.05) is 10.9 Å². The average molecular weight is 326 g/mol. The summed E-state index contributed by atoms with van der Waals surface area (Å²) in [6.07, 6.45) is 0. The van der Waals surface area contributed by atoms with Gasteiger partial charge in [-0.05, 0) is 61.4 Å². The molecule has 3 rings (SSSR count). The molecule has 0 bridgehead atoms. The number of benzene rings is 2. The van der Waals surface area contributed by atoms with Crippen molar-refractivity contribution in [2.24, 2.45) is 0 Å². The van der Waals surface area contributed by atoms with Crippen LogP contribution in [0.5, 0.6) is 17.2 Å². The van der Waals surface area contributed by atoms with Gasteiger partial charge in [0.2, 0.25) is 0 Å². The van der Waals surface area contributed by atoms with Crippen LogP contribution in [0.25, 0.3) is 11.3 Å². The maximum absolute atomic E-state index is 5.94. The molecule has 3 aromatic rings. The third-order valence-electron chi connectivity index (χ3n) is 3.58. The first kappa shape index (κ1) is 15.4. The average Bonchev–Trinajstić information content (AvgIpc) is 2.93. The largest absolute Gasteiger partial charge is 0.497 e. The SMILES string of the molecule is COc1ccc(Oc2cc(C)c(-c3csc(N)n3)c(C)c2)cc1. The van der Waals surface area contributed by atoms with Gasteiger partial charge in [0.25, 0.3) is 0 Å². The van der Waals surface area contributed by atoms with Crippen molar-refractivity contribution >= 4 is 16.5 Å². The zero-order valence-corrected chi connectivity index (χ0v) is 14.1. The molecule has 0 fully saturated rings. The van der Waals surface area contributed by atoms with E-state index < -0.39 is 0 Å². The van der Waals surface area contributed by atoms with Gasteiger partial charge in [-0.25, -0.2) is 4.98 Å². The molecule has 0 saturated heterocycles. The summed E-state index contributed by atoms with van der Waals surface area (Å²) in [4.78, 5) is 4.38. The van der Waals surface area contributed by atoms with Crippen LogP contribution in [0.4, 0.5) is 5.13 Å². The lowest BCUT2D eigenvalue weighted by Crippen LogP contribution is -1.93. The molecule has 0 spiro atoms. The lowest BCUT2D eigenvalue weighted by atomic mass is 10.0. The van der Waals surface area contributed by atoms with Gasteiger partial charge >= 0.3 is 0 Å². The molecule has 1 heterocycles. The second kappa shape index (κ2) is 6.30. The second-order valence-electron chi connectivity index (χ2n) is 5.28. The molecule has 2 aromatic carbocycles. The van der Waals surface area contributed by atoms with Crippen LogP contribution in [-0.2, 0) is 0 Å². The first-order valence-corrected chi connectivity index (χ1v) is 8.09. The van der Waals surface area contributed by atoms with Gasteiger partial charge in [-0.2, -0.15) is 0 Å². The number of ether oxygens (including phenoxy) is 2. The number of methoxy groups -OCH3 is 1. The van der Waals surface area contributed by atoms with Crippen LogP contribution >= 0.6 is 11.3 Å². The molecule has 23 heavy (non-hydrogen) atoms. The Bertz CT molecular complexity index is 802. The minimum absolute atomic E-state index is 0.581. The van der Waals surface area contributed by atoms with Crippen molar-refractivity contribution < 1.29 is 9.47 Å². The Morgan fingerprint density at radius 1 is 0.957 bits per heavy atom. The van der Waals surface area contributed by atoms with E-state index in [4.69, 9.17) is 15.2 Å². The highest BCUT2D eigenvalue weighted by molar-refractivity contribution is 7.13. The fraction of sp³-hybridized carbons (Fsp3) is 0.167. The van der Waals surface area contributed by atoms with Crippen molar-refractivity contribution in [3.05, 3.63) is 52.9 Å². The van der Waals surface area contributed by atoms with Crippen LogP contribution in [0, 0.1) is 13.8 Å². The van der Waals surface area contributed by atoms with Crippen molar-refractivity contribution in [1.29, 1.82) is 0 Å². The topological polar surface area (TPSA) is 57.4 Å². The number of nitrogen functional groups attached to an aromatic ring is 1. The molecule has 0 aliphatic carbocycles. The molecule has 0 amide bonds. The van der Waals surface area contributed by atoms with Gasteiger partial charge in [-0.15, -0.1) is 11.3 Å². The molecule has 0 unspecified atom stereocenters. The number of thiazole rings is 1. The lowest BCUT2D eigenvalue weighted by molar-refractivity contribution is 0.413. The standard InChI is InChI=1S/C18H18N2O2S/c1-11-8-15(22-14-6-4-13(21-3)5-7-14)9-12(2)17(11)16-10-23-18(19)20-16/h4-10H,1-3H3,(H2,19,20). The van der Waals surface area contributed by atoms with Crippen molar-refractivity contribution in [3.63, 3.8) is 0 Å². The van der Waals surface area contributed by atoms with Gasteiger partial charge < -0.3 is 15.2 Å². The number of nitrogens with zero attached hydrogens (tertiary/aromatic N) is 1. The van der Waals surface area contributed by atoms with Crippen LogP contribution in [0.15, 0.2) is 41.8 Å². The fourth-order valence-corrected chi connectivity index (χ4v) is 3.12. The molecule has 118 valence electrons. The minimum Gasteiger partial charge on any atom is -0.497 e. The van der Waals surface area contributed by atoms with Gasteiger partial charge in [0.15, 0.2) is 5.13 Å². The van der Waals surface area contributed by atoms with E-state index in [1.54, 1.807) is 7.11 Å². The Kier molecular flexibility index (Phi) is 4.21. The first-order chi connectivity index (χ1) is 11.1. The summed E-state index contributed by atoms with van der Waals surface area (Å²) in [5, 5.41) is 2.56. The molecular formula is C18H18N2O2S. The Morgan fingerprint density at radius 2 is 1.57 bits per heavy atom. The highest BCUT2D eigenvalue weighted by Gasteiger charge is 2.11. The Labute approximate surface area is 139 Å². The Balaban J connectivity index is 1.89. The molecule has 5 heteroatoms. The number of aromatic nitrogens is 1. The summed E-state index contributed by atoms with van der Waals surface area (Å²) >= 11 is 1.45. The quantitative estimate of drug-likeness (QED) is 0.747. The predicted molar refractivity (Wildman–Crippen MR) is 94.5 cm³/mol. The molecule has 0 atom stereocenters. The summed E-state index contributed by atoms with van der Waals surface area (Å²) in [5.74, 6) is 2.38. The van der Waals surface area contributed by atoms with Crippen molar-refractivity contribution in [2.75, 3.05) is 12.8 Å². The highest BCUT2D eigenvalue weighted by Crippen LogP contribution is 2.34. The van der Waals surface area contributed by atoms with Crippen molar-refractivity contribution in [1.82, 2.24) is 4.98 Å². The number of aryl methyl sites for hydroxylation is 2. The van der Waals surface area contributed by atoms with E-state index >= 15 is 0 Å².